The molecule has 35 heavy (non-hydrogen) atoms. The Morgan fingerprint density at radius 2 is 1.71 bits per heavy atom. The maximum Gasteiger partial charge on any atom is 0.251 e. The van der Waals surface area contributed by atoms with Gasteiger partial charge in [-0.15, -0.1) is 0 Å². The molecular weight excluding hydrogens is 442 g/mol. The number of nitrogens with one attached hydrogen (secondary N) is 3. The standard InChI is InChI=1S/C28H29N3O4/c32-18-24(17-22-11-6-14-29-26(22)33)30-28(35)25(15-19-7-2-1-3-8-19)31-27(34)23-13-12-20-9-4-5-10-21(20)16-23/h1-5,7-10,12-13,16,18,22,24-25H,6,11,14-15,17H2,(H,29,33)(H,30,35)(H,31,34)/t22-,24-,25-/m0/s1. The summed E-state index contributed by atoms with van der Waals surface area (Å²) in [5.41, 5.74) is 1.32. The molecular formula is C28H29N3O4. The Hall–Kier alpha value is -4.00. The molecule has 0 unspecified atom stereocenters. The van der Waals surface area contributed by atoms with Gasteiger partial charge in [0.25, 0.3) is 5.91 Å². The summed E-state index contributed by atoms with van der Waals surface area (Å²) < 4.78 is 0. The van der Waals surface area contributed by atoms with E-state index in [9.17, 15) is 19.2 Å². The summed E-state index contributed by atoms with van der Waals surface area (Å²) >= 11 is 0. The maximum absolute atomic E-state index is 13.2. The highest BCUT2D eigenvalue weighted by molar-refractivity contribution is 6.01. The van der Waals surface area contributed by atoms with Crippen molar-refractivity contribution in [2.45, 2.75) is 37.8 Å². The molecule has 1 heterocycles. The highest BCUT2D eigenvalue weighted by Gasteiger charge is 2.29. The van der Waals surface area contributed by atoms with E-state index in [1.807, 2.05) is 60.7 Å². The molecule has 1 aliphatic rings. The molecule has 1 aliphatic heterocycles. The predicted molar refractivity (Wildman–Crippen MR) is 134 cm³/mol. The van der Waals surface area contributed by atoms with Crippen molar-refractivity contribution in [2.75, 3.05) is 6.54 Å². The number of carbonyl (C=O) groups is 4. The SMILES string of the molecule is O=C[C@H](C[C@@H]1CCCNC1=O)NC(=O)[C@H](Cc1ccccc1)NC(=O)c1ccc2ccccc2c1. The molecule has 0 bridgehead atoms. The zero-order valence-corrected chi connectivity index (χ0v) is 19.4. The van der Waals surface area contributed by atoms with Crippen molar-refractivity contribution >= 4 is 34.8 Å². The third-order valence-electron chi connectivity index (χ3n) is 6.35. The molecule has 3 N–H and O–H groups in total. The Kier molecular flexibility index (Phi) is 7.88. The highest BCUT2D eigenvalue weighted by atomic mass is 16.2. The monoisotopic (exact) mass is 471 g/mol. The lowest BCUT2D eigenvalue weighted by Crippen LogP contribution is -2.52. The number of hydrogen-bond acceptors (Lipinski definition) is 4. The molecule has 3 amide bonds. The number of fused-ring (bicyclic) bond motifs is 1. The van der Waals surface area contributed by atoms with Crippen LogP contribution in [0.1, 0.15) is 35.2 Å². The minimum absolute atomic E-state index is 0.0946. The van der Waals surface area contributed by atoms with Crippen molar-refractivity contribution in [3.63, 3.8) is 0 Å². The van der Waals surface area contributed by atoms with Gasteiger partial charge in [0.15, 0.2) is 0 Å². The van der Waals surface area contributed by atoms with E-state index in [1.165, 1.54) is 0 Å². The van der Waals surface area contributed by atoms with Crippen LogP contribution in [0.2, 0.25) is 0 Å². The maximum atomic E-state index is 13.2. The van der Waals surface area contributed by atoms with E-state index >= 15 is 0 Å². The molecule has 0 saturated carbocycles. The van der Waals surface area contributed by atoms with Gasteiger partial charge in [0.1, 0.15) is 12.3 Å². The fraction of sp³-hybridized carbons (Fsp3) is 0.286. The summed E-state index contributed by atoms with van der Waals surface area (Å²) in [6.07, 6.45) is 2.68. The van der Waals surface area contributed by atoms with Gasteiger partial charge >= 0.3 is 0 Å². The molecule has 0 spiro atoms. The molecule has 4 rings (SSSR count). The van der Waals surface area contributed by atoms with E-state index in [0.717, 1.165) is 22.8 Å². The summed E-state index contributed by atoms with van der Waals surface area (Å²) in [7, 11) is 0. The second kappa shape index (κ2) is 11.4. The fourth-order valence-corrected chi connectivity index (χ4v) is 4.43. The summed E-state index contributed by atoms with van der Waals surface area (Å²) in [5, 5.41) is 10.3. The van der Waals surface area contributed by atoms with E-state index in [-0.39, 0.29) is 30.6 Å². The van der Waals surface area contributed by atoms with Gasteiger partial charge in [0.05, 0.1) is 6.04 Å². The Morgan fingerprint density at radius 1 is 0.971 bits per heavy atom. The summed E-state index contributed by atoms with van der Waals surface area (Å²) in [6, 6.07) is 20.8. The van der Waals surface area contributed by atoms with Gasteiger partial charge in [-0.1, -0.05) is 60.7 Å². The quantitative estimate of drug-likeness (QED) is 0.418. The average molecular weight is 472 g/mol. The summed E-state index contributed by atoms with van der Waals surface area (Å²) in [5.74, 6) is -1.25. The zero-order valence-electron chi connectivity index (χ0n) is 19.4. The molecule has 0 radical (unpaired) electrons. The summed E-state index contributed by atoms with van der Waals surface area (Å²) in [4.78, 5) is 50.2. The number of aldehydes is 1. The first-order chi connectivity index (χ1) is 17.0. The minimum atomic E-state index is -0.890. The van der Waals surface area contributed by atoms with Crippen molar-refractivity contribution in [1.29, 1.82) is 0 Å². The summed E-state index contributed by atoms with van der Waals surface area (Å²) in [6.45, 7) is 0.632. The second-order valence-electron chi connectivity index (χ2n) is 8.89. The van der Waals surface area contributed by atoms with Crippen molar-refractivity contribution in [3.05, 3.63) is 83.9 Å². The van der Waals surface area contributed by atoms with Crippen molar-refractivity contribution in [3.8, 4) is 0 Å². The largest absolute Gasteiger partial charge is 0.356 e. The van der Waals surface area contributed by atoms with Gasteiger partial charge in [-0.25, -0.2) is 0 Å². The third-order valence-corrected chi connectivity index (χ3v) is 6.35. The van der Waals surface area contributed by atoms with E-state index in [4.69, 9.17) is 0 Å². The minimum Gasteiger partial charge on any atom is -0.356 e. The van der Waals surface area contributed by atoms with Crippen LogP contribution in [-0.2, 0) is 20.8 Å². The lowest BCUT2D eigenvalue weighted by atomic mass is 9.92. The van der Waals surface area contributed by atoms with Crippen LogP contribution in [0, 0.1) is 5.92 Å². The average Bonchev–Trinajstić information content (AvgIpc) is 2.89. The van der Waals surface area contributed by atoms with Gasteiger partial charge in [-0.3, -0.25) is 14.4 Å². The lowest BCUT2D eigenvalue weighted by molar-refractivity contribution is -0.129. The van der Waals surface area contributed by atoms with Crippen LogP contribution in [0.25, 0.3) is 10.8 Å². The molecule has 1 fully saturated rings. The molecule has 1 saturated heterocycles. The van der Waals surface area contributed by atoms with Gasteiger partial charge in [-0.2, -0.15) is 0 Å². The van der Waals surface area contributed by atoms with Crippen LogP contribution in [0.4, 0.5) is 0 Å². The number of piperidine rings is 1. The van der Waals surface area contributed by atoms with Gasteiger partial charge in [0.2, 0.25) is 11.8 Å². The topological polar surface area (TPSA) is 104 Å². The van der Waals surface area contributed by atoms with Crippen molar-refractivity contribution < 1.29 is 19.2 Å². The first-order valence-electron chi connectivity index (χ1n) is 11.9. The molecule has 3 atom stereocenters. The van der Waals surface area contributed by atoms with E-state index in [1.54, 1.807) is 12.1 Å². The van der Waals surface area contributed by atoms with Crippen LogP contribution in [-0.4, -0.2) is 42.6 Å². The normalized spacial score (nSPS) is 17.1. The molecule has 3 aromatic rings. The van der Waals surface area contributed by atoms with Crippen molar-refractivity contribution in [2.24, 2.45) is 5.92 Å². The molecule has 0 aromatic heterocycles. The number of hydrogen-bond donors (Lipinski definition) is 3. The Labute approximate surface area is 204 Å². The first-order valence-corrected chi connectivity index (χ1v) is 11.9. The first kappa shape index (κ1) is 24.1. The lowest BCUT2D eigenvalue weighted by Gasteiger charge is -2.26. The Morgan fingerprint density at radius 3 is 2.46 bits per heavy atom. The number of rotatable bonds is 9. The van der Waals surface area contributed by atoms with Crippen LogP contribution < -0.4 is 16.0 Å². The van der Waals surface area contributed by atoms with Crippen molar-refractivity contribution in [1.82, 2.24) is 16.0 Å². The second-order valence-corrected chi connectivity index (χ2v) is 8.89. The predicted octanol–water partition coefficient (Wildman–Crippen LogP) is 2.78. The number of amides is 3. The van der Waals surface area contributed by atoms with Gasteiger partial charge < -0.3 is 20.7 Å². The van der Waals surface area contributed by atoms with E-state index in [0.29, 0.717) is 24.8 Å². The molecule has 7 heteroatoms. The molecule has 0 aliphatic carbocycles. The number of carbonyl (C=O) groups excluding carboxylic acids is 4. The molecule has 3 aromatic carbocycles. The smallest absolute Gasteiger partial charge is 0.251 e. The van der Waals surface area contributed by atoms with E-state index in [2.05, 4.69) is 16.0 Å². The van der Waals surface area contributed by atoms with E-state index < -0.39 is 18.0 Å². The molecule has 180 valence electrons. The number of benzene rings is 3. The molecule has 7 nitrogen and oxygen atoms in total. The van der Waals surface area contributed by atoms with Crippen LogP contribution in [0.5, 0.6) is 0 Å². The van der Waals surface area contributed by atoms with Gasteiger partial charge in [0, 0.05) is 24.4 Å². The fourth-order valence-electron chi connectivity index (χ4n) is 4.43. The van der Waals surface area contributed by atoms with Gasteiger partial charge in [-0.05, 0) is 47.7 Å². The zero-order chi connectivity index (χ0) is 24.6. The van der Waals surface area contributed by atoms with Crippen LogP contribution >= 0.6 is 0 Å². The third kappa shape index (κ3) is 6.32. The Bertz CT molecular complexity index is 1210. The Balaban J connectivity index is 1.49. The van der Waals surface area contributed by atoms with Crippen LogP contribution in [0.15, 0.2) is 72.8 Å². The van der Waals surface area contributed by atoms with Crippen LogP contribution in [0.3, 0.4) is 0 Å². The highest BCUT2D eigenvalue weighted by Crippen LogP contribution is 2.18.